The van der Waals surface area contributed by atoms with Gasteiger partial charge in [-0.15, -0.1) is 0 Å². The summed E-state index contributed by atoms with van der Waals surface area (Å²) in [5.74, 6) is 0.525. The fraction of sp³-hybridized carbons (Fsp3) is 0.0800. The smallest absolute Gasteiger partial charge is 0.0468 e. The van der Waals surface area contributed by atoms with Crippen LogP contribution in [0.1, 0.15) is 31.7 Å². The van der Waals surface area contributed by atoms with E-state index in [9.17, 15) is 0 Å². The highest BCUT2D eigenvalue weighted by Crippen LogP contribution is 2.41. The molecule has 252 valence electrons. The molecule has 8 aromatic rings. The van der Waals surface area contributed by atoms with Crippen LogP contribution >= 0.6 is 0 Å². The Balaban J connectivity index is 1.19. The highest BCUT2D eigenvalue weighted by atomic mass is 15.2. The average molecular weight is 671 g/mol. The van der Waals surface area contributed by atoms with Gasteiger partial charge < -0.3 is 9.80 Å². The van der Waals surface area contributed by atoms with Crippen molar-refractivity contribution in [2.75, 3.05) is 9.80 Å². The van der Waals surface area contributed by atoms with Gasteiger partial charge in [0.15, 0.2) is 0 Å². The third-order valence-electron chi connectivity index (χ3n) is 10.2. The highest BCUT2D eigenvalue weighted by Gasteiger charge is 2.17. The van der Waals surface area contributed by atoms with E-state index < -0.39 is 0 Å². The predicted molar refractivity (Wildman–Crippen MR) is 223 cm³/mol. The van der Waals surface area contributed by atoms with E-state index in [0.29, 0.717) is 5.92 Å². The van der Waals surface area contributed by atoms with Gasteiger partial charge in [-0.25, -0.2) is 0 Å². The van der Waals surface area contributed by atoms with Gasteiger partial charge in [-0.2, -0.15) is 0 Å². The second-order valence-corrected chi connectivity index (χ2v) is 13.4. The summed E-state index contributed by atoms with van der Waals surface area (Å²) < 4.78 is 0. The van der Waals surface area contributed by atoms with Crippen LogP contribution in [-0.2, 0) is 0 Å². The molecular formula is C50H42N2. The van der Waals surface area contributed by atoms with Crippen molar-refractivity contribution in [2.45, 2.75) is 26.2 Å². The molecule has 0 bridgehead atoms. The maximum atomic E-state index is 2.37. The van der Waals surface area contributed by atoms with Crippen LogP contribution in [0.2, 0.25) is 0 Å². The lowest BCUT2D eigenvalue weighted by molar-refractivity contribution is 0.733. The lowest BCUT2D eigenvalue weighted by Crippen LogP contribution is -2.12. The molecule has 52 heavy (non-hydrogen) atoms. The first-order valence-electron chi connectivity index (χ1n) is 18.2. The molecule has 1 unspecified atom stereocenters. The first kappa shape index (κ1) is 32.8. The van der Waals surface area contributed by atoms with Gasteiger partial charge in [0, 0.05) is 34.1 Å². The van der Waals surface area contributed by atoms with Crippen molar-refractivity contribution >= 4 is 44.9 Å². The SMILES string of the molecule is CCC(C)c1ccc(N(c2ccc(N(c3ccc(-c4ccccc4)cc3)c3ccc(-c4ccccc4)cc3)cc2)c2ccc3ccccc3c2)cc1. The lowest BCUT2D eigenvalue weighted by atomic mass is 9.98. The van der Waals surface area contributed by atoms with E-state index >= 15 is 0 Å². The summed E-state index contributed by atoms with van der Waals surface area (Å²) in [7, 11) is 0. The summed E-state index contributed by atoms with van der Waals surface area (Å²) >= 11 is 0. The molecule has 0 spiro atoms. The number of hydrogen-bond acceptors (Lipinski definition) is 2. The van der Waals surface area contributed by atoms with E-state index in [4.69, 9.17) is 0 Å². The fourth-order valence-electron chi connectivity index (χ4n) is 7.02. The summed E-state index contributed by atoms with van der Waals surface area (Å²) in [4.78, 5) is 4.71. The molecule has 0 heterocycles. The van der Waals surface area contributed by atoms with E-state index in [-0.39, 0.29) is 0 Å². The Morgan fingerprint density at radius 2 is 0.692 bits per heavy atom. The van der Waals surface area contributed by atoms with Gasteiger partial charge in [0.1, 0.15) is 0 Å². The molecule has 0 saturated heterocycles. The van der Waals surface area contributed by atoms with Crippen molar-refractivity contribution < 1.29 is 0 Å². The maximum Gasteiger partial charge on any atom is 0.0468 e. The zero-order valence-electron chi connectivity index (χ0n) is 29.7. The minimum absolute atomic E-state index is 0.525. The molecule has 2 heteroatoms. The quantitative estimate of drug-likeness (QED) is 0.143. The maximum absolute atomic E-state index is 2.37. The minimum Gasteiger partial charge on any atom is -0.311 e. The first-order valence-corrected chi connectivity index (χ1v) is 18.2. The number of hydrogen-bond donors (Lipinski definition) is 0. The second-order valence-electron chi connectivity index (χ2n) is 13.4. The molecule has 0 saturated carbocycles. The molecule has 0 N–H and O–H groups in total. The molecule has 0 amide bonds. The van der Waals surface area contributed by atoms with Crippen molar-refractivity contribution in [3.8, 4) is 22.3 Å². The van der Waals surface area contributed by atoms with E-state index in [0.717, 1.165) is 40.5 Å². The van der Waals surface area contributed by atoms with Crippen LogP contribution in [0.3, 0.4) is 0 Å². The Morgan fingerprint density at radius 3 is 1.15 bits per heavy atom. The summed E-state index contributed by atoms with van der Waals surface area (Å²) in [6, 6.07) is 72.3. The zero-order chi connectivity index (χ0) is 35.3. The summed E-state index contributed by atoms with van der Waals surface area (Å²) in [6.07, 6.45) is 1.12. The van der Waals surface area contributed by atoms with Crippen LogP contribution in [0.4, 0.5) is 34.1 Å². The third kappa shape index (κ3) is 6.84. The van der Waals surface area contributed by atoms with Crippen LogP contribution in [0.15, 0.2) is 200 Å². The predicted octanol–water partition coefficient (Wildman–Crippen LogP) is 14.6. The topological polar surface area (TPSA) is 6.48 Å². The molecule has 0 aliphatic heterocycles. The van der Waals surface area contributed by atoms with Gasteiger partial charge >= 0.3 is 0 Å². The molecule has 1 atom stereocenters. The zero-order valence-corrected chi connectivity index (χ0v) is 29.7. The van der Waals surface area contributed by atoms with Crippen LogP contribution < -0.4 is 9.80 Å². The number of rotatable bonds is 10. The Hall–Kier alpha value is -6.38. The Kier molecular flexibility index (Phi) is 9.37. The number of anilines is 6. The normalized spacial score (nSPS) is 11.7. The molecule has 0 aliphatic rings. The largest absolute Gasteiger partial charge is 0.311 e. The molecular weight excluding hydrogens is 629 g/mol. The molecule has 0 aromatic heterocycles. The van der Waals surface area contributed by atoms with Crippen molar-refractivity contribution in [1.29, 1.82) is 0 Å². The van der Waals surface area contributed by atoms with Gasteiger partial charge in [0.2, 0.25) is 0 Å². The Bertz CT molecular complexity index is 2280. The van der Waals surface area contributed by atoms with Gasteiger partial charge in [-0.05, 0) is 124 Å². The second kappa shape index (κ2) is 14.8. The van der Waals surface area contributed by atoms with Crippen LogP contribution in [-0.4, -0.2) is 0 Å². The molecule has 0 fully saturated rings. The number of benzene rings is 8. The van der Waals surface area contributed by atoms with Crippen LogP contribution in [0, 0.1) is 0 Å². The Morgan fingerprint density at radius 1 is 0.346 bits per heavy atom. The molecule has 0 aliphatic carbocycles. The van der Waals surface area contributed by atoms with Gasteiger partial charge in [0.25, 0.3) is 0 Å². The first-order chi connectivity index (χ1) is 25.6. The number of nitrogens with zero attached hydrogens (tertiary/aromatic N) is 2. The summed E-state index contributed by atoms with van der Waals surface area (Å²) in [5, 5.41) is 2.46. The van der Waals surface area contributed by atoms with E-state index in [1.807, 2.05) is 0 Å². The molecule has 0 radical (unpaired) electrons. The van der Waals surface area contributed by atoms with Crippen LogP contribution in [0.5, 0.6) is 0 Å². The van der Waals surface area contributed by atoms with E-state index in [1.54, 1.807) is 0 Å². The summed E-state index contributed by atoms with van der Waals surface area (Å²) in [6.45, 7) is 4.55. The van der Waals surface area contributed by atoms with Gasteiger partial charge in [-0.1, -0.05) is 141 Å². The Labute approximate surface area is 307 Å². The summed E-state index contributed by atoms with van der Waals surface area (Å²) in [5.41, 5.74) is 12.9. The van der Waals surface area contributed by atoms with Crippen molar-refractivity contribution in [3.63, 3.8) is 0 Å². The lowest BCUT2D eigenvalue weighted by Gasteiger charge is -2.29. The van der Waals surface area contributed by atoms with E-state index in [1.165, 1.54) is 38.6 Å². The van der Waals surface area contributed by atoms with Crippen molar-refractivity contribution in [1.82, 2.24) is 0 Å². The molecule has 8 rings (SSSR count). The third-order valence-corrected chi connectivity index (χ3v) is 10.2. The number of fused-ring (bicyclic) bond motifs is 1. The standard InChI is InChI=1S/C50H42N2/c1-3-37(2)38-18-25-47(26-19-38)52(50-31-24-41-16-10-11-17-44(41)36-50)49-34-32-48(33-35-49)51(45-27-20-42(21-28-45)39-12-6-4-7-13-39)46-29-22-43(23-30-46)40-14-8-5-9-15-40/h4-37H,3H2,1-2H3. The molecule has 2 nitrogen and oxygen atoms in total. The molecule has 8 aromatic carbocycles. The van der Waals surface area contributed by atoms with Gasteiger partial charge in [0.05, 0.1) is 0 Å². The van der Waals surface area contributed by atoms with Gasteiger partial charge in [-0.3, -0.25) is 0 Å². The average Bonchev–Trinajstić information content (AvgIpc) is 3.23. The fourth-order valence-corrected chi connectivity index (χ4v) is 7.02. The van der Waals surface area contributed by atoms with Crippen molar-refractivity contribution in [3.05, 3.63) is 206 Å². The monoisotopic (exact) mass is 670 g/mol. The minimum atomic E-state index is 0.525. The highest BCUT2D eigenvalue weighted by molar-refractivity contribution is 5.90. The van der Waals surface area contributed by atoms with Crippen molar-refractivity contribution in [2.24, 2.45) is 0 Å². The van der Waals surface area contributed by atoms with E-state index in [2.05, 4.69) is 224 Å². The van der Waals surface area contributed by atoms with Crippen LogP contribution in [0.25, 0.3) is 33.0 Å².